The quantitative estimate of drug-likeness (QED) is 0.455. The van der Waals surface area contributed by atoms with Crippen LogP contribution in [0.3, 0.4) is 0 Å². The molecule has 0 aromatic heterocycles. The summed E-state index contributed by atoms with van der Waals surface area (Å²) in [5.74, 6) is 0.958. The van der Waals surface area contributed by atoms with Gasteiger partial charge in [0.15, 0.2) is 23.0 Å². The van der Waals surface area contributed by atoms with E-state index in [4.69, 9.17) is 18.9 Å². The van der Waals surface area contributed by atoms with Gasteiger partial charge in [0.05, 0.1) is 14.2 Å². The van der Waals surface area contributed by atoms with Crippen molar-refractivity contribution in [3.63, 3.8) is 0 Å². The Bertz CT molecular complexity index is 801. The SMILES string of the molecule is COc1ccc2cc1OC(=O)OC(=O)Oc1cc(ccc1OC)C2(C)C. The number of methoxy groups -OCH3 is 2. The number of carbonyl (C=O) groups excluding carboxylic acids is 2. The third-order valence-electron chi connectivity index (χ3n) is 4.32. The number of ether oxygens (including phenoxy) is 5. The molecule has 4 bridgehead atoms. The zero-order chi connectivity index (χ0) is 18.9. The molecule has 0 saturated heterocycles. The molecule has 0 spiro atoms. The van der Waals surface area contributed by atoms with Crippen LogP contribution in [0.2, 0.25) is 0 Å². The van der Waals surface area contributed by atoms with Crippen molar-refractivity contribution in [1.82, 2.24) is 0 Å². The first kappa shape index (κ1) is 17.6. The standard InChI is InChI=1S/C19H18O7/c1-19(2)11-5-7-13(22-3)15(9-11)24-17(20)26-18(21)25-16-10-12(19)6-8-14(16)23-4/h5-10H,1-4H3. The topological polar surface area (TPSA) is 80.3 Å². The van der Waals surface area contributed by atoms with Crippen molar-refractivity contribution in [2.75, 3.05) is 14.2 Å². The second-order valence-electron chi connectivity index (χ2n) is 6.16. The maximum absolute atomic E-state index is 11.9. The van der Waals surface area contributed by atoms with Crippen molar-refractivity contribution in [1.29, 1.82) is 0 Å². The molecule has 1 aliphatic heterocycles. The lowest BCUT2D eigenvalue weighted by molar-refractivity contribution is 0.0880. The fraction of sp³-hybridized carbons (Fsp3) is 0.263. The predicted molar refractivity (Wildman–Crippen MR) is 91.2 cm³/mol. The molecule has 0 unspecified atom stereocenters. The molecular weight excluding hydrogens is 340 g/mol. The Hall–Kier alpha value is -3.22. The molecule has 3 rings (SSSR count). The van der Waals surface area contributed by atoms with Gasteiger partial charge in [0.2, 0.25) is 0 Å². The number of carbonyl (C=O) groups is 2. The van der Waals surface area contributed by atoms with Crippen molar-refractivity contribution in [3.05, 3.63) is 47.5 Å². The van der Waals surface area contributed by atoms with Crippen molar-refractivity contribution in [2.45, 2.75) is 19.3 Å². The van der Waals surface area contributed by atoms with Crippen LogP contribution >= 0.6 is 0 Å². The fourth-order valence-electron chi connectivity index (χ4n) is 2.75. The normalized spacial score (nSPS) is 15.5. The Balaban J connectivity index is 2.21. The first-order valence-corrected chi connectivity index (χ1v) is 7.83. The van der Waals surface area contributed by atoms with Gasteiger partial charge in [0, 0.05) is 5.41 Å². The molecule has 0 radical (unpaired) electrons. The van der Waals surface area contributed by atoms with E-state index >= 15 is 0 Å². The number of benzene rings is 2. The minimum atomic E-state index is -1.22. The van der Waals surface area contributed by atoms with E-state index in [0.29, 0.717) is 11.5 Å². The molecule has 26 heavy (non-hydrogen) atoms. The van der Waals surface area contributed by atoms with E-state index in [1.54, 1.807) is 24.3 Å². The maximum atomic E-state index is 11.9. The average Bonchev–Trinajstić information content (AvgIpc) is 2.60. The number of hydrogen-bond donors (Lipinski definition) is 0. The molecule has 0 saturated carbocycles. The largest absolute Gasteiger partial charge is 0.524 e. The van der Waals surface area contributed by atoms with Gasteiger partial charge in [-0.3, -0.25) is 0 Å². The molecule has 2 aromatic carbocycles. The highest BCUT2D eigenvalue weighted by atomic mass is 16.8. The van der Waals surface area contributed by atoms with Crippen LogP contribution in [-0.4, -0.2) is 26.5 Å². The second kappa shape index (κ2) is 6.59. The second-order valence-corrected chi connectivity index (χ2v) is 6.16. The van der Waals surface area contributed by atoms with Gasteiger partial charge >= 0.3 is 12.3 Å². The Labute approximate surface area is 150 Å². The van der Waals surface area contributed by atoms with E-state index in [-0.39, 0.29) is 11.5 Å². The van der Waals surface area contributed by atoms with Crippen molar-refractivity contribution >= 4 is 12.3 Å². The smallest absolute Gasteiger partial charge is 0.493 e. The Kier molecular flexibility index (Phi) is 4.46. The van der Waals surface area contributed by atoms with Crippen LogP contribution in [0.1, 0.15) is 25.0 Å². The molecule has 0 fully saturated rings. The summed E-state index contributed by atoms with van der Waals surface area (Å²) >= 11 is 0. The van der Waals surface area contributed by atoms with Gasteiger partial charge in [-0.15, -0.1) is 0 Å². The van der Waals surface area contributed by atoms with Crippen LogP contribution in [0.5, 0.6) is 23.0 Å². The number of rotatable bonds is 2. The average molecular weight is 358 g/mol. The molecule has 136 valence electrons. The minimum absolute atomic E-state index is 0.144. The van der Waals surface area contributed by atoms with Gasteiger partial charge in [-0.2, -0.15) is 0 Å². The van der Waals surface area contributed by atoms with Gasteiger partial charge in [0.1, 0.15) is 0 Å². The minimum Gasteiger partial charge on any atom is -0.493 e. The zero-order valence-corrected chi connectivity index (χ0v) is 14.8. The number of fused-ring (bicyclic) bond motifs is 4. The fourth-order valence-corrected chi connectivity index (χ4v) is 2.75. The van der Waals surface area contributed by atoms with E-state index in [1.165, 1.54) is 14.2 Å². The molecule has 1 aliphatic rings. The highest BCUT2D eigenvalue weighted by molar-refractivity contribution is 5.80. The zero-order valence-electron chi connectivity index (χ0n) is 14.8. The predicted octanol–water partition coefficient (Wildman–Crippen LogP) is 4.06. The van der Waals surface area contributed by atoms with E-state index in [0.717, 1.165) is 11.1 Å². The molecule has 2 aromatic rings. The molecule has 0 aliphatic carbocycles. The lowest BCUT2D eigenvalue weighted by atomic mass is 9.78. The van der Waals surface area contributed by atoms with Crippen molar-refractivity contribution < 1.29 is 33.3 Å². The highest BCUT2D eigenvalue weighted by Gasteiger charge is 2.28. The number of cyclic esters (lactones) is 2. The third-order valence-corrected chi connectivity index (χ3v) is 4.32. The van der Waals surface area contributed by atoms with Crippen LogP contribution in [0.25, 0.3) is 0 Å². The van der Waals surface area contributed by atoms with Crippen LogP contribution < -0.4 is 18.9 Å². The van der Waals surface area contributed by atoms with E-state index in [2.05, 4.69) is 4.74 Å². The summed E-state index contributed by atoms with van der Waals surface area (Å²) in [6.07, 6.45) is -2.45. The summed E-state index contributed by atoms with van der Waals surface area (Å²) in [6, 6.07) is 10.5. The summed E-state index contributed by atoms with van der Waals surface area (Å²) in [5, 5.41) is 0. The third kappa shape index (κ3) is 3.15. The first-order chi connectivity index (χ1) is 12.3. The number of hydrogen-bond acceptors (Lipinski definition) is 7. The molecule has 7 heteroatoms. The lowest BCUT2D eigenvalue weighted by Crippen LogP contribution is -2.23. The van der Waals surface area contributed by atoms with Crippen molar-refractivity contribution in [3.8, 4) is 23.0 Å². The molecule has 1 heterocycles. The highest BCUT2D eigenvalue weighted by Crippen LogP contribution is 2.40. The Morgan fingerprint density at radius 2 is 1.15 bits per heavy atom. The molecular formula is C19H18O7. The van der Waals surface area contributed by atoms with Crippen LogP contribution in [0.15, 0.2) is 36.4 Å². The van der Waals surface area contributed by atoms with E-state index < -0.39 is 17.7 Å². The lowest BCUT2D eigenvalue weighted by Gasteiger charge is -2.28. The van der Waals surface area contributed by atoms with Gasteiger partial charge in [-0.05, 0) is 35.4 Å². The van der Waals surface area contributed by atoms with Gasteiger partial charge in [-0.1, -0.05) is 26.0 Å². The summed E-state index contributed by atoms with van der Waals surface area (Å²) in [7, 11) is 2.90. The molecule has 7 nitrogen and oxygen atoms in total. The van der Waals surface area contributed by atoms with E-state index in [9.17, 15) is 9.59 Å². The van der Waals surface area contributed by atoms with Gasteiger partial charge in [-0.25, -0.2) is 9.59 Å². The van der Waals surface area contributed by atoms with Crippen LogP contribution in [0, 0.1) is 0 Å². The first-order valence-electron chi connectivity index (χ1n) is 7.83. The van der Waals surface area contributed by atoms with E-state index in [1.807, 2.05) is 26.0 Å². The monoisotopic (exact) mass is 358 g/mol. The summed E-state index contributed by atoms with van der Waals surface area (Å²) in [5.41, 5.74) is 1.24. The Morgan fingerprint density at radius 3 is 1.54 bits per heavy atom. The molecule has 0 amide bonds. The summed E-state index contributed by atoms with van der Waals surface area (Å²) in [6.45, 7) is 3.99. The molecule has 0 N–H and O–H groups in total. The maximum Gasteiger partial charge on any atom is 0.524 e. The van der Waals surface area contributed by atoms with Gasteiger partial charge in [0.25, 0.3) is 0 Å². The molecule has 0 atom stereocenters. The summed E-state index contributed by atoms with van der Waals surface area (Å²) in [4.78, 5) is 23.8. The van der Waals surface area contributed by atoms with Gasteiger partial charge < -0.3 is 23.7 Å². The Morgan fingerprint density at radius 1 is 0.731 bits per heavy atom. The van der Waals surface area contributed by atoms with Crippen molar-refractivity contribution in [2.24, 2.45) is 0 Å². The van der Waals surface area contributed by atoms with Crippen LogP contribution in [-0.2, 0) is 10.2 Å². The summed E-state index contributed by atoms with van der Waals surface area (Å²) < 4.78 is 25.2. The van der Waals surface area contributed by atoms with Crippen LogP contribution in [0.4, 0.5) is 9.59 Å².